The summed E-state index contributed by atoms with van der Waals surface area (Å²) in [6, 6.07) is 3.94. The average Bonchev–Trinajstić information content (AvgIpc) is 2.32. The molecule has 0 fully saturated rings. The Morgan fingerprint density at radius 3 is 2.72 bits per heavy atom. The molecule has 3 N–H and O–H groups in total. The first-order chi connectivity index (χ1) is 8.56. The van der Waals surface area contributed by atoms with Gasteiger partial charge in [0.25, 0.3) is 5.91 Å². The van der Waals surface area contributed by atoms with Crippen LogP contribution in [0.3, 0.4) is 0 Å². The number of nitrogens with one attached hydrogen (secondary N) is 1. The Kier molecular flexibility index (Phi) is 3.38. The van der Waals surface area contributed by atoms with Gasteiger partial charge in [-0.25, -0.2) is 9.97 Å². The monoisotopic (exact) mass is 266 g/mol. The first-order valence-electron chi connectivity index (χ1n) is 4.90. The van der Waals surface area contributed by atoms with Crippen LogP contribution in [-0.4, -0.2) is 15.9 Å². The molecule has 18 heavy (non-hydrogen) atoms. The lowest BCUT2D eigenvalue weighted by atomic mass is 10.3. The molecule has 1 amide bonds. The molecule has 0 aliphatic carbocycles. The quantitative estimate of drug-likeness (QED) is 0.816. The molecule has 0 aromatic carbocycles. The fraction of sp³-hybridized carbons (Fsp3) is 0. The minimum Gasteiger partial charge on any atom is -0.397 e. The van der Waals surface area contributed by atoms with Crippen molar-refractivity contribution in [2.45, 2.75) is 0 Å². The van der Waals surface area contributed by atoms with Crippen LogP contribution >= 0.6 is 11.6 Å². The smallest absolute Gasteiger partial charge is 0.276 e. The van der Waals surface area contributed by atoms with Crippen LogP contribution in [0.4, 0.5) is 15.8 Å². The summed E-state index contributed by atoms with van der Waals surface area (Å²) >= 11 is 5.67. The Bertz CT molecular complexity index is 588. The number of anilines is 2. The second kappa shape index (κ2) is 4.97. The highest BCUT2D eigenvalue weighted by Crippen LogP contribution is 2.16. The van der Waals surface area contributed by atoms with Crippen molar-refractivity contribution in [2.75, 3.05) is 11.1 Å². The summed E-state index contributed by atoms with van der Waals surface area (Å²) in [6.45, 7) is 0. The minimum absolute atomic E-state index is 0.0451. The van der Waals surface area contributed by atoms with Gasteiger partial charge >= 0.3 is 0 Å². The van der Waals surface area contributed by atoms with Gasteiger partial charge in [0.2, 0.25) is 5.95 Å². The first-order valence-corrected chi connectivity index (χ1v) is 5.28. The molecule has 2 rings (SSSR count). The molecular weight excluding hydrogens is 259 g/mol. The summed E-state index contributed by atoms with van der Waals surface area (Å²) in [4.78, 5) is 19.0. The highest BCUT2D eigenvalue weighted by molar-refractivity contribution is 6.30. The lowest BCUT2D eigenvalue weighted by Gasteiger charge is -2.06. The van der Waals surface area contributed by atoms with Crippen LogP contribution in [0.15, 0.2) is 30.6 Å². The summed E-state index contributed by atoms with van der Waals surface area (Å²) in [5.41, 5.74) is 6.17. The van der Waals surface area contributed by atoms with Crippen molar-refractivity contribution in [3.63, 3.8) is 0 Å². The molecule has 2 aromatic heterocycles. The normalized spacial score (nSPS) is 10.1. The Balaban J connectivity index is 2.19. The molecule has 7 heteroatoms. The van der Waals surface area contributed by atoms with Crippen LogP contribution < -0.4 is 11.1 Å². The molecule has 5 nitrogen and oxygen atoms in total. The maximum atomic E-state index is 12.6. The van der Waals surface area contributed by atoms with Gasteiger partial charge in [0.05, 0.1) is 22.6 Å². The van der Waals surface area contributed by atoms with Gasteiger partial charge in [-0.15, -0.1) is 0 Å². The third kappa shape index (κ3) is 2.72. The number of carbonyl (C=O) groups excluding carboxylic acids is 1. The second-order valence-corrected chi connectivity index (χ2v) is 3.85. The van der Waals surface area contributed by atoms with E-state index in [1.807, 2.05) is 0 Å². The van der Waals surface area contributed by atoms with Crippen LogP contribution in [-0.2, 0) is 0 Å². The fourth-order valence-corrected chi connectivity index (χ4v) is 1.45. The molecule has 0 bridgehead atoms. The van der Waals surface area contributed by atoms with E-state index < -0.39 is 11.9 Å². The summed E-state index contributed by atoms with van der Waals surface area (Å²) in [5, 5.41) is 2.83. The van der Waals surface area contributed by atoms with E-state index in [1.54, 1.807) is 0 Å². The summed E-state index contributed by atoms with van der Waals surface area (Å²) in [6.07, 6.45) is 2.51. The van der Waals surface area contributed by atoms with Gasteiger partial charge in [-0.05, 0) is 18.2 Å². The maximum absolute atomic E-state index is 12.6. The largest absolute Gasteiger partial charge is 0.397 e. The molecule has 2 heterocycles. The third-order valence-electron chi connectivity index (χ3n) is 2.08. The number of halogens is 2. The van der Waals surface area contributed by atoms with E-state index in [2.05, 4.69) is 15.3 Å². The Morgan fingerprint density at radius 1 is 1.33 bits per heavy atom. The number of rotatable bonds is 2. The lowest BCUT2D eigenvalue weighted by molar-refractivity contribution is 0.102. The predicted octanol–water partition coefficient (Wildman–Crippen LogP) is 2.10. The molecule has 0 aliphatic rings. The van der Waals surface area contributed by atoms with Crippen LogP contribution in [0.1, 0.15) is 10.5 Å². The van der Waals surface area contributed by atoms with Crippen molar-refractivity contribution in [1.29, 1.82) is 0 Å². The molecule has 0 unspecified atom stereocenters. The van der Waals surface area contributed by atoms with Crippen molar-refractivity contribution in [1.82, 2.24) is 9.97 Å². The molecule has 92 valence electrons. The zero-order valence-corrected chi connectivity index (χ0v) is 9.78. The lowest BCUT2D eigenvalue weighted by Crippen LogP contribution is -2.16. The molecule has 0 aliphatic heterocycles. The van der Waals surface area contributed by atoms with Crippen molar-refractivity contribution in [2.24, 2.45) is 0 Å². The summed E-state index contributed by atoms with van der Waals surface area (Å²) in [7, 11) is 0. The van der Waals surface area contributed by atoms with Gasteiger partial charge in [0.15, 0.2) is 5.69 Å². The molecule has 2 aromatic rings. The van der Waals surface area contributed by atoms with E-state index in [0.29, 0.717) is 10.7 Å². The average molecular weight is 267 g/mol. The number of pyridine rings is 2. The van der Waals surface area contributed by atoms with Crippen molar-refractivity contribution < 1.29 is 9.18 Å². The zero-order chi connectivity index (χ0) is 13.1. The molecule has 0 saturated carbocycles. The summed E-state index contributed by atoms with van der Waals surface area (Å²) < 4.78 is 12.6. The van der Waals surface area contributed by atoms with Crippen molar-refractivity contribution in [3.05, 3.63) is 47.3 Å². The van der Waals surface area contributed by atoms with Gasteiger partial charge in [-0.1, -0.05) is 11.6 Å². The number of carbonyl (C=O) groups is 1. The number of nitrogens with zero attached hydrogens (tertiary/aromatic N) is 2. The number of hydrogen-bond donors (Lipinski definition) is 2. The van der Waals surface area contributed by atoms with E-state index in [-0.39, 0.29) is 11.4 Å². The first kappa shape index (κ1) is 12.3. The van der Waals surface area contributed by atoms with E-state index in [0.717, 1.165) is 6.07 Å². The van der Waals surface area contributed by atoms with E-state index in [9.17, 15) is 9.18 Å². The second-order valence-electron chi connectivity index (χ2n) is 3.42. The number of nitrogen functional groups attached to an aromatic ring is 1. The van der Waals surface area contributed by atoms with Crippen LogP contribution in [0.2, 0.25) is 5.02 Å². The summed E-state index contributed by atoms with van der Waals surface area (Å²) in [5.74, 6) is -1.14. The van der Waals surface area contributed by atoms with E-state index in [1.165, 1.54) is 24.5 Å². The van der Waals surface area contributed by atoms with Crippen LogP contribution in [0.5, 0.6) is 0 Å². The van der Waals surface area contributed by atoms with Gasteiger partial charge in [0.1, 0.15) is 0 Å². The van der Waals surface area contributed by atoms with Gasteiger partial charge in [-0.3, -0.25) is 4.79 Å². The number of nitrogens with two attached hydrogens (primary N) is 1. The predicted molar refractivity (Wildman–Crippen MR) is 65.8 cm³/mol. The number of amides is 1. The van der Waals surface area contributed by atoms with Crippen LogP contribution in [0, 0.1) is 5.95 Å². The molecule has 0 saturated heterocycles. The molecule has 0 atom stereocenters. The molecule has 0 radical (unpaired) electrons. The fourth-order valence-electron chi connectivity index (χ4n) is 1.28. The Hall–Kier alpha value is -2.21. The highest BCUT2D eigenvalue weighted by atomic mass is 35.5. The minimum atomic E-state index is -0.628. The van der Waals surface area contributed by atoms with Gasteiger partial charge < -0.3 is 11.1 Å². The van der Waals surface area contributed by atoms with E-state index >= 15 is 0 Å². The third-order valence-corrected chi connectivity index (χ3v) is 2.29. The molecular formula is C11H8ClFN4O. The highest BCUT2D eigenvalue weighted by Gasteiger charge is 2.12. The van der Waals surface area contributed by atoms with Gasteiger partial charge in [-0.2, -0.15) is 4.39 Å². The zero-order valence-electron chi connectivity index (χ0n) is 9.02. The van der Waals surface area contributed by atoms with Gasteiger partial charge in [0, 0.05) is 6.20 Å². The van der Waals surface area contributed by atoms with Crippen LogP contribution in [0.25, 0.3) is 0 Å². The standard InChI is InChI=1S/C11H8ClFN4O/c12-6-3-8(14)10(16-4-6)11(18)17-7-1-2-9(13)15-5-7/h1-5H,14H2,(H,17,18). The van der Waals surface area contributed by atoms with E-state index in [4.69, 9.17) is 17.3 Å². The molecule has 0 spiro atoms. The number of aromatic nitrogens is 2. The maximum Gasteiger partial charge on any atom is 0.276 e. The number of hydrogen-bond acceptors (Lipinski definition) is 4. The Morgan fingerprint density at radius 2 is 2.11 bits per heavy atom. The van der Waals surface area contributed by atoms with Crippen molar-refractivity contribution in [3.8, 4) is 0 Å². The van der Waals surface area contributed by atoms with Crippen molar-refractivity contribution >= 4 is 28.9 Å². The Labute approximate surface area is 107 Å². The topological polar surface area (TPSA) is 80.9 Å². The SMILES string of the molecule is Nc1cc(Cl)cnc1C(=O)Nc1ccc(F)nc1.